The average molecular weight is 382 g/mol. The van der Waals surface area contributed by atoms with Crippen molar-refractivity contribution in [1.29, 1.82) is 0 Å². The molecule has 0 atom stereocenters. The van der Waals surface area contributed by atoms with E-state index in [1.165, 1.54) is 23.9 Å². The smallest absolute Gasteiger partial charge is 0.332 e. The van der Waals surface area contributed by atoms with Crippen molar-refractivity contribution in [3.05, 3.63) is 62.9 Å². The third-order valence-electron chi connectivity index (χ3n) is 4.47. The molecule has 3 rings (SSSR count). The SMILES string of the molecule is CCOc1ccccc1CCC(=O)Nc1cnc2c(c1)c(=O)n(C)c(=O)n2C. The van der Waals surface area contributed by atoms with Crippen molar-refractivity contribution in [1.82, 2.24) is 14.1 Å². The number of anilines is 1. The number of pyridine rings is 1. The molecule has 0 spiro atoms. The molecule has 1 amide bonds. The summed E-state index contributed by atoms with van der Waals surface area (Å²) in [7, 11) is 2.95. The minimum absolute atomic E-state index is 0.200. The lowest BCUT2D eigenvalue weighted by Crippen LogP contribution is -2.37. The number of aryl methyl sites for hydroxylation is 2. The fraction of sp³-hybridized carbons (Fsp3) is 0.300. The number of benzene rings is 1. The highest BCUT2D eigenvalue weighted by atomic mass is 16.5. The molecule has 8 heteroatoms. The van der Waals surface area contributed by atoms with Gasteiger partial charge < -0.3 is 10.1 Å². The summed E-state index contributed by atoms with van der Waals surface area (Å²) in [6.45, 7) is 2.47. The van der Waals surface area contributed by atoms with Gasteiger partial charge in [-0.2, -0.15) is 0 Å². The lowest BCUT2D eigenvalue weighted by atomic mass is 10.1. The van der Waals surface area contributed by atoms with Crippen LogP contribution in [0.1, 0.15) is 18.9 Å². The van der Waals surface area contributed by atoms with Crippen LogP contribution in [0.25, 0.3) is 11.0 Å². The van der Waals surface area contributed by atoms with Crippen molar-refractivity contribution >= 4 is 22.6 Å². The van der Waals surface area contributed by atoms with Crippen molar-refractivity contribution in [3.8, 4) is 5.75 Å². The first-order chi connectivity index (χ1) is 13.4. The van der Waals surface area contributed by atoms with Gasteiger partial charge in [-0.25, -0.2) is 9.78 Å². The maximum atomic E-state index is 12.3. The highest BCUT2D eigenvalue weighted by Crippen LogP contribution is 2.20. The first-order valence-electron chi connectivity index (χ1n) is 8.98. The number of fused-ring (bicyclic) bond motifs is 1. The van der Waals surface area contributed by atoms with Crippen LogP contribution in [-0.4, -0.2) is 26.6 Å². The summed E-state index contributed by atoms with van der Waals surface area (Å²) in [5.74, 6) is 0.573. The molecule has 1 N–H and O–H groups in total. The Morgan fingerprint density at radius 2 is 1.93 bits per heavy atom. The monoisotopic (exact) mass is 382 g/mol. The van der Waals surface area contributed by atoms with Crippen LogP contribution in [0.15, 0.2) is 46.1 Å². The standard InChI is InChI=1S/C20H22N4O4/c1-4-28-16-8-6-5-7-13(16)9-10-17(25)22-14-11-15-18(21-12-14)23(2)20(27)24(3)19(15)26/h5-8,11-12H,4,9-10H2,1-3H3,(H,22,25). The zero-order chi connectivity index (χ0) is 20.3. The van der Waals surface area contributed by atoms with E-state index in [1.54, 1.807) is 7.05 Å². The molecule has 0 fully saturated rings. The number of nitrogens with zero attached hydrogens (tertiary/aromatic N) is 3. The average Bonchev–Trinajstić information content (AvgIpc) is 2.70. The van der Waals surface area contributed by atoms with Gasteiger partial charge in [0.25, 0.3) is 5.56 Å². The number of amides is 1. The van der Waals surface area contributed by atoms with Crippen LogP contribution in [0.3, 0.4) is 0 Å². The van der Waals surface area contributed by atoms with Gasteiger partial charge in [0, 0.05) is 20.5 Å². The molecule has 0 unspecified atom stereocenters. The Morgan fingerprint density at radius 1 is 1.18 bits per heavy atom. The maximum Gasteiger partial charge on any atom is 0.332 e. The summed E-state index contributed by atoms with van der Waals surface area (Å²) in [6, 6.07) is 9.15. The second-order valence-electron chi connectivity index (χ2n) is 6.39. The van der Waals surface area contributed by atoms with Crippen LogP contribution in [-0.2, 0) is 25.3 Å². The minimum Gasteiger partial charge on any atom is -0.494 e. The van der Waals surface area contributed by atoms with Crippen LogP contribution in [0.2, 0.25) is 0 Å². The molecule has 8 nitrogen and oxygen atoms in total. The van der Waals surface area contributed by atoms with Gasteiger partial charge in [-0.05, 0) is 31.0 Å². The van der Waals surface area contributed by atoms with Gasteiger partial charge in [0.15, 0.2) is 0 Å². The van der Waals surface area contributed by atoms with E-state index in [1.807, 2.05) is 31.2 Å². The number of carbonyl (C=O) groups is 1. The Kier molecular flexibility index (Phi) is 5.58. The summed E-state index contributed by atoms with van der Waals surface area (Å²) < 4.78 is 7.89. The van der Waals surface area contributed by atoms with E-state index < -0.39 is 11.2 Å². The molecule has 0 aliphatic carbocycles. The highest BCUT2D eigenvalue weighted by molar-refractivity contribution is 5.92. The van der Waals surface area contributed by atoms with Gasteiger partial charge in [0.2, 0.25) is 5.91 Å². The van der Waals surface area contributed by atoms with Crippen LogP contribution in [0.4, 0.5) is 5.69 Å². The van der Waals surface area contributed by atoms with Crippen molar-refractivity contribution in [2.75, 3.05) is 11.9 Å². The predicted molar refractivity (Wildman–Crippen MR) is 107 cm³/mol. The quantitative estimate of drug-likeness (QED) is 0.699. The molecule has 146 valence electrons. The fourth-order valence-electron chi connectivity index (χ4n) is 3.01. The summed E-state index contributed by atoms with van der Waals surface area (Å²) in [4.78, 5) is 40.8. The summed E-state index contributed by atoms with van der Waals surface area (Å²) >= 11 is 0. The second kappa shape index (κ2) is 8.08. The molecule has 0 radical (unpaired) electrons. The maximum absolute atomic E-state index is 12.3. The molecular formula is C20H22N4O4. The van der Waals surface area contributed by atoms with Gasteiger partial charge >= 0.3 is 5.69 Å². The van der Waals surface area contributed by atoms with E-state index >= 15 is 0 Å². The Morgan fingerprint density at radius 3 is 2.68 bits per heavy atom. The zero-order valence-electron chi connectivity index (χ0n) is 16.1. The second-order valence-corrected chi connectivity index (χ2v) is 6.39. The Labute approximate surface area is 161 Å². The topological polar surface area (TPSA) is 95.2 Å². The Balaban J connectivity index is 1.77. The largest absolute Gasteiger partial charge is 0.494 e. The molecule has 1 aromatic carbocycles. The summed E-state index contributed by atoms with van der Waals surface area (Å²) in [5.41, 5.74) is 0.741. The predicted octanol–water partition coefficient (Wildman–Crippen LogP) is 1.60. The van der Waals surface area contributed by atoms with Crippen molar-refractivity contribution in [2.45, 2.75) is 19.8 Å². The molecule has 3 aromatic rings. The number of para-hydroxylation sites is 1. The molecule has 0 saturated heterocycles. The Hall–Kier alpha value is -3.42. The van der Waals surface area contributed by atoms with Gasteiger partial charge in [0.1, 0.15) is 11.4 Å². The third-order valence-corrected chi connectivity index (χ3v) is 4.47. The number of rotatable bonds is 6. The van der Waals surface area contributed by atoms with E-state index in [4.69, 9.17) is 4.74 Å². The van der Waals surface area contributed by atoms with Gasteiger partial charge in [0.05, 0.1) is 23.9 Å². The fourth-order valence-corrected chi connectivity index (χ4v) is 3.01. The number of aromatic nitrogens is 3. The highest BCUT2D eigenvalue weighted by Gasteiger charge is 2.12. The molecule has 0 aliphatic rings. The number of hydrogen-bond acceptors (Lipinski definition) is 5. The van der Waals surface area contributed by atoms with Gasteiger partial charge in [-0.1, -0.05) is 18.2 Å². The first kappa shape index (κ1) is 19.3. The number of carbonyl (C=O) groups excluding carboxylic acids is 1. The van der Waals surface area contributed by atoms with Crippen molar-refractivity contribution < 1.29 is 9.53 Å². The number of hydrogen-bond donors (Lipinski definition) is 1. The lowest BCUT2D eigenvalue weighted by Gasteiger charge is -2.11. The van der Waals surface area contributed by atoms with Crippen LogP contribution < -0.4 is 21.3 Å². The molecular weight excluding hydrogens is 360 g/mol. The van der Waals surface area contributed by atoms with E-state index in [-0.39, 0.29) is 23.4 Å². The van der Waals surface area contributed by atoms with Crippen LogP contribution in [0.5, 0.6) is 5.75 Å². The normalized spacial score (nSPS) is 10.8. The van der Waals surface area contributed by atoms with Crippen molar-refractivity contribution in [2.24, 2.45) is 14.1 Å². The lowest BCUT2D eigenvalue weighted by molar-refractivity contribution is -0.116. The zero-order valence-corrected chi connectivity index (χ0v) is 16.1. The van der Waals surface area contributed by atoms with E-state index in [0.29, 0.717) is 18.7 Å². The van der Waals surface area contributed by atoms with Gasteiger partial charge in [-0.3, -0.25) is 18.7 Å². The number of ether oxygens (including phenoxy) is 1. The molecule has 0 saturated carbocycles. The number of nitrogens with one attached hydrogen (secondary N) is 1. The Bertz CT molecular complexity index is 1150. The molecule has 2 aromatic heterocycles. The minimum atomic E-state index is -0.452. The van der Waals surface area contributed by atoms with E-state index in [2.05, 4.69) is 10.3 Å². The molecule has 28 heavy (non-hydrogen) atoms. The van der Waals surface area contributed by atoms with Gasteiger partial charge in [-0.15, -0.1) is 0 Å². The molecule has 0 bridgehead atoms. The molecule has 0 aliphatic heterocycles. The summed E-state index contributed by atoms with van der Waals surface area (Å²) in [5, 5.41) is 3.03. The third kappa shape index (κ3) is 3.80. The van der Waals surface area contributed by atoms with Crippen molar-refractivity contribution in [3.63, 3.8) is 0 Å². The van der Waals surface area contributed by atoms with Crippen LogP contribution in [0, 0.1) is 0 Å². The van der Waals surface area contributed by atoms with Crippen LogP contribution >= 0.6 is 0 Å². The van der Waals surface area contributed by atoms with E-state index in [9.17, 15) is 14.4 Å². The summed E-state index contributed by atoms with van der Waals surface area (Å²) in [6.07, 6.45) is 2.22. The molecule has 2 heterocycles. The van der Waals surface area contributed by atoms with E-state index in [0.717, 1.165) is 15.9 Å². The first-order valence-corrected chi connectivity index (χ1v) is 8.98.